The number of benzene rings is 3. The van der Waals surface area contributed by atoms with Gasteiger partial charge in [0, 0.05) is 48.7 Å². The van der Waals surface area contributed by atoms with E-state index in [-0.39, 0.29) is 5.75 Å². The van der Waals surface area contributed by atoms with E-state index < -0.39 is 32.9 Å². The lowest BCUT2D eigenvalue weighted by Crippen LogP contribution is -2.21. The van der Waals surface area contributed by atoms with Crippen molar-refractivity contribution in [1.82, 2.24) is 24.9 Å². The van der Waals surface area contributed by atoms with E-state index in [1.807, 2.05) is 54.7 Å². The molecular formula is C34H29F2N7O3S. The Hall–Kier alpha value is -5.53. The summed E-state index contributed by atoms with van der Waals surface area (Å²) in [5, 5.41) is 13.8. The minimum Gasteiger partial charge on any atom is -0.324 e. The Morgan fingerprint density at radius 2 is 1.74 bits per heavy atom. The van der Waals surface area contributed by atoms with Crippen molar-refractivity contribution < 1.29 is 22.0 Å². The van der Waals surface area contributed by atoms with Crippen LogP contribution in [0.25, 0.3) is 28.0 Å². The van der Waals surface area contributed by atoms with Crippen LogP contribution in [0.15, 0.2) is 103 Å². The topological polar surface area (TPSA) is 130 Å². The second kappa shape index (κ2) is 13.4. The van der Waals surface area contributed by atoms with E-state index in [1.54, 1.807) is 35.0 Å². The molecule has 238 valence electrons. The Kier molecular flexibility index (Phi) is 9.00. The fraction of sp³-hybridized carbons (Fsp3) is 0.118. The van der Waals surface area contributed by atoms with Crippen LogP contribution in [0.1, 0.15) is 15.9 Å². The van der Waals surface area contributed by atoms with Gasteiger partial charge in [0.1, 0.15) is 27.2 Å². The number of aromatic nitrogens is 4. The molecule has 0 saturated heterocycles. The molecule has 0 atom stereocenters. The fourth-order valence-corrected chi connectivity index (χ4v) is 5.52. The molecule has 1 amide bonds. The summed E-state index contributed by atoms with van der Waals surface area (Å²) in [6, 6.07) is 24.7. The van der Waals surface area contributed by atoms with Gasteiger partial charge in [-0.15, -0.1) is 0 Å². The molecule has 0 fully saturated rings. The highest BCUT2D eigenvalue weighted by Gasteiger charge is 2.19. The lowest BCUT2D eigenvalue weighted by atomic mass is 10.0. The fourth-order valence-electron chi connectivity index (χ4n) is 5.00. The number of rotatable bonds is 11. The molecule has 0 radical (unpaired) electrons. The first-order chi connectivity index (χ1) is 22.6. The summed E-state index contributed by atoms with van der Waals surface area (Å²) in [4.78, 5) is 22.0. The summed E-state index contributed by atoms with van der Waals surface area (Å²) in [7, 11) is -3.04. The van der Waals surface area contributed by atoms with Gasteiger partial charge in [-0.1, -0.05) is 30.3 Å². The lowest BCUT2D eigenvalue weighted by molar-refractivity contribution is 0.102. The number of carbonyl (C=O) groups is 1. The number of amides is 1. The second-order valence-corrected chi connectivity index (χ2v) is 13.1. The molecule has 0 aliphatic rings. The van der Waals surface area contributed by atoms with Gasteiger partial charge < -0.3 is 16.0 Å². The Bertz CT molecular complexity index is 2210. The molecule has 6 rings (SSSR count). The minimum atomic E-state index is -3.04. The molecule has 6 aromatic rings. The number of nitrogens with zero attached hydrogens (tertiary/aromatic N) is 4. The van der Waals surface area contributed by atoms with Gasteiger partial charge in [-0.25, -0.2) is 31.7 Å². The largest absolute Gasteiger partial charge is 0.324 e. The van der Waals surface area contributed by atoms with Gasteiger partial charge in [0.15, 0.2) is 0 Å². The van der Waals surface area contributed by atoms with Gasteiger partial charge in [-0.05, 0) is 66.2 Å². The summed E-state index contributed by atoms with van der Waals surface area (Å²) in [5.41, 5.74) is 5.01. The van der Waals surface area contributed by atoms with Crippen LogP contribution in [-0.4, -0.2) is 52.5 Å². The number of sulfone groups is 1. The zero-order valence-corrected chi connectivity index (χ0v) is 25.9. The Morgan fingerprint density at radius 3 is 2.60 bits per heavy atom. The van der Waals surface area contributed by atoms with Crippen LogP contribution in [0, 0.1) is 11.6 Å². The van der Waals surface area contributed by atoms with Gasteiger partial charge in [-0.3, -0.25) is 4.79 Å². The average molecular weight is 654 g/mol. The number of carbonyl (C=O) groups excluding carboxylic acids is 1. The van der Waals surface area contributed by atoms with Crippen molar-refractivity contribution in [2.24, 2.45) is 0 Å². The summed E-state index contributed by atoms with van der Waals surface area (Å²) in [6.45, 7) is 0.846. The van der Waals surface area contributed by atoms with Crippen LogP contribution < -0.4 is 16.0 Å². The molecule has 3 aromatic heterocycles. The first-order valence-electron chi connectivity index (χ1n) is 14.5. The van der Waals surface area contributed by atoms with Crippen molar-refractivity contribution in [1.29, 1.82) is 0 Å². The molecule has 0 spiro atoms. The van der Waals surface area contributed by atoms with E-state index in [0.29, 0.717) is 41.7 Å². The molecule has 0 aliphatic heterocycles. The van der Waals surface area contributed by atoms with Crippen molar-refractivity contribution in [3.63, 3.8) is 0 Å². The maximum absolute atomic E-state index is 14.2. The number of fused-ring (bicyclic) bond motifs is 1. The molecule has 3 heterocycles. The quantitative estimate of drug-likeness (QED) is 0.148. The Labute approximate surface area is 269 Å². The molecule has 0 aliphatic carbocycles. The molecule has 3 aromatic carbocycles. The van der Waals surface area contributed by atoms with Crippen LogP contribution >= 0.6 is 0 Å². The van der Waals surface area contributed by atoms with Crippen molar-refractivity contribution in [3.05, 3.63) is 126 Å². The van der Waals surface area contributed by atoms with E-state index in [1.165, 1.54) is 6.26 Å². The van der Waals surface area contributed by atoms with Gasteiger partial charge in [0.05, 0.1) is 28.1 Å². The molecule has 13 heteroatoms. The van der Waals surface area contributed by atoms with Gasteiger partial charge in [0.25, 0.3) is 5.91 Å². The predicted molar refractivity (Wildman–Crippen MR) is 177 cm³/mol. The Balaban J connectivity index is 1.28. The standard InChI is InChI=1S/C34H29F2N7O3S/c1-47(45,46)17-15-37-21-22-6-4-8-25(18-22)40-34-38-14-13-29(41-34)31-30-10-2-3-16-43(30)42-32(31)23-7-5-9-26(19-23)39-33(44)27-20-24(35)11-12-28(27)36/h2-14,16,18-20,37H,15,17,21H2,1H3,(H,39,44)(H,38,40,41). The molecule has 0 saturated carbocycles. The van der Waals surface area contributed by atoms with Crippen molar-refractivity contribution in [2.75, 3.05) is 29.2 Å². The van der Waals surface area contributed by atoms with E-state index in [0.717, 1.165) is 40.5 Å². The number of hydrogen-bond donors (Lipinski definition) is 3. The van der Waals surface area contributed by atoms with Crippen molar-refractivity contribution in [2.45, 2.75) is 6.54 Å². The third-order valence-electron chi connectivity index (χ3n) is 7.18. The van der Waals surface area contributed by atoms with E-state index in [2.05, 4.69) is 20.9 Å². The lowest BCUT2D eigenvalue weighted by Gasteiger charge is -2.10. The summed E-state index contributed by atoms with van der Waals surface area (Å²) < 4.78 is 52.5. The van der Waals surface area contributed by atoms with Gasteiger partial charge in [0.2, 0.25) is 5.95 Å². The smallest absolute Gasteiger partial charge is 0.258 e. The van der Waals surface area contributed by atoms with Crippen LogP contribution in [0.4, 0.5) is 26.1 Å². The third-order valence-corrected chi connectivity index (χ3v) is 8.13. The maximum Gasteiger partial charge on any atom is 0.258 e. The van der Waals surface area contributed by atoms with E-state index >= 15 is 0 Å². The van der Waals surface area contributed by atoms with Crippen LogP contribution in [0.3, 0.4) is 0 Å². The zero-order valence-electron chi connectivity index (χ0n) is 25.1. The molecule has 0 bridgehead atoms. The molecular weight excluding hydrogens is 624 g/mol. The van der Waals surface area contributed by atoms with Crippen molar-refractivity contribution >= 4 is 38.6 Å². The number of pyridine rings is 1. The van der Waals surface area contributed by atoms with E-state index in [4.69, 9.17) is 10.1 Å². The van der Waals surface area contributed by atoms with Crippen LogP contribution in [0.5, 0.6) is 0 Å². The first kappa shape index (κ1) is 31.5. The Morgan fingerprint density at radius 1 is 0.915 bits per heavy atom. The normalized spacial score (nSPS) is 11.5. The average Bonchev–Trinajstić information content (AvgIpc) is 3.44. The number of halogens is 2. The van der Waals surface area contributed by atoms with Crippen LogP contribution in [0.2, 0.25) is 0 Å². The minimum absolute atomic E-state index is 0.0605. The maximum atomic E-state index is 14.2. The molecule has 3 N–H and O–H groups in total. The predicted octanol–water partition coefficient (Wildman–Crippen LogP) is 5.87. The highest BCUT2D eigenvalue weighted by molar-refractivity contribution is 7.90. The molecule has 47 heavy (non-hydrogen) atoms. The van der Waals surface area contributed by atoms with Gasteiger partial charge >= 0.3 is 0 Å². The molecule has 10 nitrogen and oxygen atoms in total. The summed E-state index contributed by atoms with van der Waals surface area (Å²) in [5.74, 6) is -1.92. The SMILES string of the molecule is CS(=O)(=O)CCNCc1cccc(Nc2nccc(-c3c(-c4cccc(NC(=O)c5cc(F)ccc5F)c4)nn4ccccc34)n2)c1. The van der Waals surface area contributed by atoms with Crippen LogP contribution in [-0.2, 0) is 16.4 Å². The molecule has 0 unspecified atom stereocenters. The zero-order chi connectivity index (χ0) is 33.0. The van der Waals surface area contributed by atoms with Gasteiger partial charge in [-0.2, -0.15) is 5.10 Å². The van der Waals surface area contributed by atoms with Crippen molar-refractivity contribution in [3.8, 4) is 22.5 Å². The highest BCUT2D eigenvalue weighted by atomic mass is 32.2. The summed E-state index contributed by atoms with van der Waals surface area (Å²) >= 11 is 0. The third kappa shape index (κ3) is 7.65. The number of hydrogen-bond acceptors (Lipinski definition) is 8. The van der Waals surface area contributed by atoms with E-state index in [9.17, 15) is 22.0 Å². The number of anilines is 3. The summed E-state index contributed by atoms with van der Waals surface area (Å²) in [6.07, 6.45) is 4.67. The highest BCUT2D eigenvalue weighted by Crippen LogP contribution is 2.35. The number of nitrogens with one attached hydrogen (secondary N) is 3. The second-order valence-electron chi connectivity index (χ2n) is 10.8. The first-order valence-corrected chi connectivity index (χ1v) is 16.6. The monoisotopic (exact) mass is 653 g/mol.